The van der Waals surface area contributed by atoms with Crippen molar-refractivity contribution in [2.45, 2.75) is 13.8 Å². The van der Waals surface area contributed by atoms with Gasteiger partial charge < -0.3 is 19.9 Å². The predicted molar refractivity (Wildman–Crippen MR) is 98.8 cm³/mol. The predicted octanol–water partition coefficient (Wildman–Crippen LogP) is 1.89. The van der Waals surface area contributed by atoms with Gasteiger partial charge in [0.25, 0.3) is 5.91 Å². The van der Waals surface area contributed by atoms with Crippen molar-refractivity contribution in [3.05, 3.63) is 27.7 Å². The summed E-state index contributed by atoms with van der Waals surface area (Å²) in [6.07, 6.45) is 1.25. The fourth-order valence-electron chi connectivity index (χ4n) is 1.90. The smallest absolute Gasteiger partial charge is 0.344 e. The van der Waals surface area contributed by atoms with Crippen LogP contribution in [0.15, 0.2) is 22.2 Å². The van der Waals surface area contributed by atoms with Crippen molar-refractivity contribution in [3.63, 3.8) is 0 Å². The summed E-state index contributed by atoms with van der Waals surface area (Å²) in [4.78, 5) is 34.0. The molecule has 0 aliphatic heterocycles. The van der Waals surface area contributed by atoms with Gasteiger partial charge in [-0.05, 0) is 53.5 Å². The Labute approximate surface area is 164 Å². The molecule has 1 rings (SSSR count). The van der Waals surface area contributed by atoms with Crippen LogP contribution < -0.4 is 20.5 Å². The summed E-state index contributed by atoms with van der Waals surface area (Å²) in [6, 6.07) is 3.69. The number of primary amides is 1. The number of halogens is 1. The van der Waals surface area contributed by atoms with Crippen LogP contribution >= 0.6 is 15.9 Å². The molecule has 9 nitrogen and oxygen atoms in total. The molecule has 0 fully saturated rings. The number of nitriles is 1. The van der Waals surface area contributed by atoms with Gasteiger partial charge in [-0.2, -0.15) is 5.26 Å². The van der Waals surface area contributed by atoms with Crippen LogP contribution in [0.25, 0.3) is 6.08 Å². The molecule has 3 N–H and O–H groups in total. The summed E-state index contributed by atoms with van der Waals surface area (Å²) in [5.41, 5.74) is 4.97. The molecule has 3 amide bonds. The standard InChI is InChI=1S/C17H18BrN3O6/c1-3-25-13-7-10(5-11(8-19)16(23)21-17(20)24)6-12(18)15(13)27-9-14(22)26-4-2/h5-7H,3-4,9H2,1-2H3,(H3,20,21,23,24)/b11-5-. The minimum Gasteiger partial charge on any atom is -0.490 e. The van der Waals surface area contributed by atoms with Crippen LogP contribution in [0.2, 0.25) is 0 Å². The van der Waals surface area contributed by atoms with Crippen molar-refractivity contribution in [2.24, 2.45) is 5.73 Å². The summed E-state index contributed by atoms with van der Waals surface area (Å²) >= 11 is 3.30. The number of amides is 3. The molecule has 0 aromatic heterocycles. The van der Waals surface area contributed by atoms with E-state index in [1.807, 2.05) is 5.32 Å². The number of nitrogens with one attached hydrogen (secondary N) is 1. The highest BCUT2D eigenvalue weighted by Crippen LogP contribution is 2.37. The van der Waals surface area contributed by atoms with E-state index in [0.29, 0.717) is 16.6 Å². The summed E-state index contributed by atoms with van der Waals surface area (Å²) < 4.78 is 16.2. The molecule has 0 saturated carbocycles. The molecule has 10 heteroatoms. The zero-order chi connectivity index (χ0) is 20.4. The molecular formula is C17H18BrN3O6. The highest BCUT2D eigenvalue weighted by atomic mass is 79.9. The number of nitrogens with zero attached hydrogens (tertiary/aromatic N) is 1. The molecule has 0 saturated heterocycles. The third-order valence-electron chi connectivity index (χ3n) is 2.88. The van der Waals surface area contributed by atoms with Gasteiger partial charge in [-0.3, -0.25) is 10.1 Å². The number of rotatable bonds is 8. The first-order valence-electron chi connectivity index (χ1n) is 7.79. The van der Waals surface area contributed by atoms with Crippen LogP contribution in [0.4, 0.5) is 4.79 Å². The number of nitrogens with two attached hydrogens (primary N) is 1. The molecule has 0 atom stereocenters. The van der Waals surface area contributed by atoms with Gasteiger partial charge in [-0.15, -0.1) is 0 Å². The molecule has 1 aromatic carbocycles. The molecule has 0 aliphatic carbocycles. The van der Waals surface area contributed by atoms with Gasteiger partial charge in [0.1, 0.15) is 11.6 Å². The molecule has 0 bridgehead atoms. The second-order valence-electron chi connectivity index (χ2n) is 4.84. The number of ether oxygens (including phenoxy) is 3. The SMILES string of the molecule is CCOC(=O)COc1c(Br)cc(/C=C(/C#N)C(=O)NC(N)=O)cc1OCC. The van der Waals surface area contributed by atoms with Gasteiger partial charge in [0.15, 0.2) is 18.1 Å². The fourth-order valence-corrected chi connectivity index (χ4v) is 2.48. The molecular weight excluding hydrogens is 422 g/mol. The Bertz CT molecular complexity index is 801. The average Bonchev–Trinajstić information content (AvgIpc) is 2.58. The van der Waals surface area contributed by atoms with Crippen LogP contribution in [0.1, 0.15) is 19.4 Å². The summed E-state index contributed by atoms with van der Waals surface area (Å²) in [5.74, 6) is -0.912. The summed E-state index contributed by atoms with van der Waals surface area (Å²) in [5, 5.41) is 10.9. The number of benzene rings is 1. The Morgan fingerprint density at radius 1 is 1.26 bits per heavy atom. The number of esters is 1. The maximum atomic E-state index is 11.8. The normalized spacial score (nSPS) is 10.5. The zero-order valence-electron chi connectivity index (χ0n) is 14.7. The van der Waals surface area contributed by atoms with Crippen LogP contribution in [-0.2, 0) is 14.3 Å². The molecule has 1 aromatic rings. The lowest BCUT2D eigenvalue weighted by Gasteiger charge is -2.14. The Hall–Kier alpha value is -3.06. The second kappa shape index (κ2) is 10.8. The third kappa shape index (κ3) is 6.99. The Morgan fingerprint density at radius 2 is 1.96 bits per heavy atom. The molecule has 0 spiro atoms. The van der Waals surface area contributed by atoms with Crippen LogP contribution in [0.3, 0.4) is 0 Å². The van der Waals surface area contributed by atoms with E-state index in [-0.39, 0.29) is 30.3 Å². The average molecular weight is 440 g/mol. The van der Waals surface area contributed by atoms with Crippen molar-refractivity contribution in [1.82, 2.24) is 5.32 Å². The lowest BCUT2D eigenvalue weighted by atomic mass is 10.1. The van der Waals surface area contributed by atoms with Gasteiger partial charge in [-0.1, -0.05) is 0 Å². The van der Waals surface area contributed by atoms with Gasteiger partial charge in [-0.25, -0.2) is 9.59 Å². The maximum absolute atomic E-state index is 11.8. The number of carbonyl (C=O) groups is 3. The Balaban J connectivity index is 3.18. The van der Waals surface area contributed by atoms with E-state index < -0.39 is 17.9 Å². The highest BCUT2D eigenvalue weighted by Gasteiger charge is 2.16. The molecule has 27 heavy (non-hydrogen) atoms. The minimum atomic E-state index is -1.07. The number of imide groups is 1. The first kappa shape index (κ1) is 22.0. The van der Waals surface area contributed by atoms with E-state index in [1.165, 1.54) is 12.1 Å². The first-order valence-corrected chi connectivity index (χ1v) is 8.58. The van der Waals surface area contributed by atoms with Gasteiger partial charge >= 0.3 is 12.0 Å². The van der Waals surface area contributed by atoms with E-state index >= 15 is 0 Å². The van der Waals surface area contributed by atoms with E-state index in [0.717, 1.165) is 0 Å². The van der Waals surface area contributed by atoms with Crippen molar-refractivity contribution < 1.29 is 28.6 Å². The van der Waals surface area contributed by atoms with Crippen LogP contribution in [0.5, 0.6) is 11.5 Å². The number of hydrogen-bond acceptors (Lipinski definition) is 7. The largest absolute Gasteiger partial charge is 0.490 e. The first-order chi connectivity index (χ1) is 12.8. The van der Waals surface area contributed by atoms with Crippen molar-refractivity contribution in [1.29, 1.82) is 5.26 Å². The maximum Gasteiger partial charge on any atom is 0.344 e. The summed E-state index contributed by atoms with van der Waals surface area (Å²) in [6.45, 7) is 3.67. The Kier molecular flexibility index (Phi) is 8.81. The monoisotopic (exact) mass is 439 g/mol. The fraction of sp³-hybridized carbons (Fsp3) is 0.294. The topological polar surface area (TPSA) is 141 Å². The number of urea groups is 1. The lowest BCUT2D eigenvalue weighted by molar-refractivity contribution is -0.145. The van der Waals surface area contributed by atoms with E-state index in [2.05, 4.69) is 15.9 Å². The van der Waals surface area contributed by atoms with Crippen molar-refractivity contribution in [2.75, 3.05) is 19.8 Å². The summed E-state index contributed by atoms with van der Waals surface area (Å²) in [7, 11) is 0. The minimum absolute atomic E-state index is 0.232. The highest BCUT2D eigenvalue weighted by molar-refractivity contribution is 9.10. The van der Waals surface area contributed by atoms with Gasteiger partial charge in [0.05, 0.1) is 17.7 Å². The zero-order valence-corrected chi connectivity index (χ0v) is 16.3. The van der Waals surface area contributed by atoms with Crippen LogP contribution in [-0.4, -0.2) is 37.7 Å². The third-order valence-corrected chi connectivity index (χ3v) is 3.47. The lowest BCUT2D eigenvalue weighted by Crippen LogP contribution is -2.35. The van der Waals surface area contributed by atoms with Gasteiger partial charge in [0.2, 0.25) is 0 Å². The Morgan fingerprint density at radius 3 is 2.52 bits per heavy atom. The number of hydrogen-bond donors (Lipinski definition) is 2. The number of carbonyl (C=O) groups excluding carboxylic acids is 3. The molecule has 0 aliphatic rings. The van der Waals surface area contributed by atoms with Crippen LogP contribution in [0, 0.1) is 11.3 Å². The van der Waals surface area contributed by atoms with E-state index in [1.54, 1.807) is 26.0 Å². The van der Waals surface area contributed by atoms with E-state index in [4.69, 9.17) is 25.2 Å². The van der Waals surface area contributed by atoms with Crippen molar-refractivity contribution >= 4 is 39.9 Å². The van der Waals surface area contributed by atoms with Crippen molar-refractivity contribution in [3.8, 4) is 17.6 Å². The molecule has 144 valence electrons. The van der Waals surface area contributed by atoms with Gasteiger partial charge in [0, 0.05) is 0 Å². The molecule has 0 unspecified atom stereocenters. The van der Waals surface area contributed by atoms with E-state index in [9.17, 15) is 14.4 Å². The second-order valence-corrected chi connectivity index (χ2v) is 5.70. The quantitative estimate of drug-likeness (QED) is 0.357. The molecule has 0 heterocycles. The molecule has 0 radical (unpaired) electrons.